The van der Waals surface area contributed by atoms with E-state index in [1.807, 2.05) is 0 Å². The molecule has 0 aromatic carbocycles. The van der Waals surface area contributed by atoms with Gasteiger partial charge in [0.25, 0.3) is 0 Å². The Balaban J connectivity index is 1.95. The van der Waals surface area contributed by atoms with Crippen LogP contribution >= 0.6 is 0 Å². The van der Waals surface area contributed by atoms with Crippen LogP contribution in [-0.2, 0) is 0 Å². The fourth-order valence-corrected chi connectivity index (χ4v) is 4.18. The summed E-state index contributed by atoms with van der Waals surface area (Å²) in [6, 6.07) is 0. The molecule has 1 heteroatoms. The van der Waals surface area contributed by atoms with Gasteiger partial charge in [0, 0.05) is 0 Å². The minimum absolute atomic E-state index is 0.719. The molecular formula is C11H17F. The second kappa shape index (κ2) is 2.05. The molecule has 0 aliphatic heterocycles. The Labute approximate surface area is 73.5 Å². The standard InChI is InChI=1S/C11H17F/c1-7-9-2-8-3-10(7)6-11(12,4-8)5-9/h7-10H,2-6H2,1H3/t7-,8?,9?,10?,11-. The van der Waals surface area contributed by atoms with Gasteiger partial charge in [-0.1, -0.05) is 6.92 Å². The molecule has 0 radical (unpaired) electrons. The van der Waals surface area contributed by atoms with Crippen molar-refractivity contribution in [1.29, 1.82) is 0 Å². The number of halogens is 1. The summed E-state index contributed by atoms with van der Waals surface area (Å²) in [6.45, 7) is 2.34. The molecule has 0 saturated heterocycles. The lowest BCUT2D eigenvalue weighted by Crippen LogP contribution is -2.51. The van der Waals surface area contributed by atoms with E-state index in [0.717, 1.165) is 42.9 Å². The summed E-state index contributed by atoms with van der Waals surface area (Å²) >= 11 is 0. The molecule has 12 heavy (non-hydrogen) atoms. The Morgan fingerprint density at radius 1 is 1.08 bits per heavy atom. The van der Waals surface area contributed by atoms with Gasteiger partial charge in [0.15, 0.2) is 0 Å². The van der Waals surface area contributed by atoms with Crippen LogP contribution in [0.2, 0.25) is 0 Å². The van der Waals surface area contributed by atoms with Crippen LogP contribution < -0.4 is 0 Å². The molecule has 0 aromatic heterocycles. The Morgan fingerprint density at radius 3 is 2.17 bits per heavy atom. The molecule has 0 aromatic rings. The maximum atomic E-state index is 14.1. The maximum Gasteiger partial charge on any atom is 0.111 e. The largest absolute Gasteiger partial charge is 0.244 e. The molecule has 4 bridgehead atoms. The molecule has 2 unspecified atom stereocenters. The van der Waals surface area contributed by atoms with Crippen molar-refractivity contribution in [2.24, 2.45) is 23.7 Å². The maximum absolute atomic E-state index is 14.1. The highest BCUT2D eigenvalue weighted by Crippen LogP contribution is 2.59. The first-order chi connectivity index (χ1) is 5.66. The van der Waals surface area contributed by atoms with Gasteiger partial charge in [-0.05, 0) is 55.8 Å². The van der Waals surface area contributed by atoms with Crippen LogP contribution in [0.15, 0.2) is 0 Å². The Kier molecular flexibility index (Phi) is 1.25. The van der Waals surface area contributed by atoms with Gasteiger partial charge in [0.1, 0.15) is 5.67 Å². The highest BCUT2D eigenvalue weighted by atomic mass is 19.1. The van der Waals surface area contributed by atoms with Gasteiger partial charge >= 0.3 is 0 Å². The van der Waals surface area contributed by atoms with Crippen molar-refractivity contribution >= 4 is 0 Å². The van der Waals surface area contributed by atoms with E-state index < -0.39 is 5.67 Å². The first kappa shape index (κ1) is 7.34. The zero-order valence-corrected chi connectivity index (χ0v) is 7.72. The average molecular weight is 168 g/mol. The molecule has 2 atom stereocenters. The molecule has 0 heterocycles. The fraction of sp³-hybridized carbons (Fsp3) is 1.00. The SMILES string of the molecule is C[C@H]1C2CC3CC1C[C@](F)(C3)C2. The highest BCUT2D eigenvalue weighted by Gasteiger charge is 2.54. The van der Waals surface area contributed by atoms with E-state index in [9.17, 15) is 4.39 Å². The number of rotatable bonds is 0. The summed E-state index contributed by atoms with van der Waals surface area (Å²) in [5.41, 5.74) is -0.719. The number of alkyl halides is 1. The summed E-state index contributed by atoms with van der Waals surface area (Å²) in [5.74, 6) is 3.05. The average Bonchev–Trinajstić information content (AvgIpc) is 1.96. The number of hydrogen-bond acceptors (Lipinski definition) is 0. The van der Waals surface area contributed by atoms with E-state index in [1.54, 1.807) is 0 Å². The van der Waals surface area contributed by atoms with Crippen molar-refractivity contribution in [3.8, 4) is 0 Å². The Hall–Kier alpha value is -0.0700. The van der Waals surface area contributed by atoms with Crippen LogP contribution in [0.5, 0.6) is 0 Å². The van der Waals surface area contributed by atoms with E-state index in [4.69, 9.17) is 0 Å². The molecule has 0 spiro atoms. The molecule has 4 rings (SSSR count). The van der Waals surface area contributed by atoms with E-state index in [2.05, 4.69) is 6.92 Å². The van der Waals surface area contributed by atoms with Crippen LogP contribution in [0.1, 0.15) is 39.0 Å². The van der Waals surface area contributed by atoms with Gasteiger partial charge in [-0.25, -0.2) is 4.39 Å². The van der Waals surface area contributed by atoms with Crippen molar-refractivity contribution in [1.82, 2.24) is 0 Å². The lowest BCUT2D eigenvalue weighted by Gasteiger charge is -2.56. The first-order valence-corrected chi connectivity index (χ1v) is 5.35. The van der Waals surface area contributed by atoms with Gasteiger partial charge in [0.2, 0.25) is 0 Å². The van der Waals surface area contributed by atoms with Crippen LogP contribution in [0.3, 0.4) is 0 Å². The monoisotopic (exact) mass is 168 g/mol. The van der Waals surface area contributed by atoms with Crippen molar-refractivity contribution in [2.45, 2.75) is 44.7 Å². The predicted molar refractivity (Wildman–Crippen MR) is 46.6 cm³/mol. The van der Waals surface area contributed by atoms with Gasteiger partial charge in [-0.2, -0.15) is 0 Å². The van der Waals surface area contributed by atoms with Crippen molar-refractivity contribution in [3.05, 3.63) is 0 Å². The molecule has 0 amide bonds. The second-order valence-electron chi connectivity index (χ2n) is 5.48. The van der Waals surface area contributed by atoms with Crippen LogP contribution in [0, 0.1) is 23.7 Å². The lowest BCUT2D eigenvalue weighted by molar-refractivity contribution is -0.104. The lowest BCUT2D eigenvalue weighted by atomic mass is 9.51. The van der Waals surface area contributed by atoms with Gasteiger partial charge in [-0.15, -0.1) is 0 Å². The van der Waals surface area contributed by atoms with Crippen molar-refractivity contribution < 1.29 is 4.39 Å². The summed E-state index contributed by atoms with van der Waals surface area (Å²) in [5, 5.41) is 0. The third-order valence-corrected chi connectivity index (χ3v) is 4.67. The molecule has 4 saturated carbocycles. The quantitative estimate of drug-likeness (QED) is 0.521. The summed E-state index contributed by atoms with van der Waals surface area (Å²) in [4.78, 5) is 0. The van der Waals surface area contributed by atoms with Crippen LogP contribution in [0.25, 0.3) is 0 Å². The second-order valence-corrected chi connectivity index (χ2v) is 5.48. The normalized spacial score (nSPS) is 62.5. The molecule has 4 aliphatic carbocycles. The van der Waals surface area contributed by atoms with E-state index in [-0.39, 0.29) is 0 Å². The smallest absolute Gasteiger partial charge is 0.111 e. The zero-order valence-electron chi connectivity index (χ0n) is 7.72. The van der Waals surface area contributed by atoms with E-state index in [0.29, 0.717) is 0 Å². The highest BCUT2D eigenvalue weighted by molar-refractivity contribution is 5.04. The van der Waals surface area contributed by atoms with Crippen LogP contribution in [0.4, 0.5) is 4.39 Å². The molecule has 68 valence electrons. The topological polar surface area (TPSA) is 0 Å². The van der Waals surface area contributed by atoms with Gasteiger partial charge in [-0.3, -0.25) is 0 Å². The molecule has 0 N–H and O–H groups in total. The predicted octanol–water partition coefficient (Wildman–Crippen LogP) is 3.17. The summed E-state index contributed by atoms with van der Waals surface area (Å²) in [7, 11) is 0. The van der Waals surface area contributed by atoms with E-state index in [1.165, 1.54) is 12.8 Å². The number of hydrogen-bond donors (Lipinski definition) is 0. The molecule has 4 fully saturated rings. The summed E-state index contributed by atoms with van der Waals surface area (Å²) in [6.07, 6.45) is 5.35. The molecular weight excluding hydrogens is 151 g/mol. The molecule has 0 nitrogen and oxygen atoms in total. The zero-order chi connectivity index (χ0) is 8.34. The Bertz CT molecular complexity index is 195. The van der Waals surface area contributed by atoms with E-state index >= 15 is 0 Å². The minimum atomic E-state index is -0.719. The fourth-order valence-electron chi connectivity index (χ4n) is 4.18. The molecule has 4 aliphatic rings. The van der Waals surface area contributed by atoms with Crippen molar-refractivity contribution in [3.63, 3.8) is 0 Å². The Morgan fingerprint density at radius 2 is 1.67 bits per heavy atom. The van der Waals surface area contributed by atoms with Gasteiger partial charge < -0.3 is 0 Å². The van der Waals surface area contributed by atoms with Crippen LogP contribution in [-0.4, -0.2) is 5.67 Å². The first-order valence-electron chi connectivity index (χ1n) is 5.35. The minimum Gasteiger partial charge on any atom is -0.244 e. The third-order valence-electron chi connectivity index (χ3n) is 4.67. The summed E-state index contributed by atoms with van der Waals surface area (Å²) < 4.78 is 14.1. The third kappa shape index (κ3) is 0.828. The van der Waals surface area contributed by atoms with Gasteiger partial charge in [0.05, 0.1) is 0 Å². The van der Waals surface area contributed by atoms with Crippen molar-refractivity contribution in [2.75, 3.05) is 0 Å².